The predicted molar refractivity (Wildman–Crippen MR) is 51.1 cm³/mol. The van der Waals surface area contributed by atoms with Crippen LogP contribution in [0.2, 0.25) is 0 Å². The number of pyridine rings is 1. The molecule has 1 aromatic rings. The average molecular weight is 213 g/mol. The van der Waals surface area contributed by atoms with Gasteiger partial charge in [0.1, 0.15) is 0 Å². The normalized spacial score (nSPS) is 9.80. The molecule has 0 radical (unpaired) electrons. The number of halogens is 1. The summed E-state index contributed by atoms with van der Waals surface area (Å²) in [5.41, 5.74) is 0.326. The van der Waals surface area contributed by atoms with Gasteiger partial charge in [0.05, 0.1) is 25.8 Å². The van der Waals surface area contributed by atoms with E-state index in [1.54, 1.807) is 6.92 Å². The van der Waals surface area contributed by atoms with Crippen LogP contribution >= 0.6 is 0 Å². The van der Waals surface area contributed by atoms with E-state index in [1.807, 2.05) is 0 Å². The van der Waals surface area contributed by atoms with E-state index in [9.17, 15) is 9.18 Å². The first-order chi connectivity index (χ1) is 7.17. The third-order valence-corrected chi connectivity index (χ3v) is 1.72. The van der Waals surface area contributed by atoms with Crippen LogP contribution in [0.3, 0.4) is 0 Å². The number of ether oxygens (including phenoxy) is 2. The fourth-order valence-electron chi connectivity index (χ4n) is 1.07. The first-order valence-electron chi connectivity index (χ1n) is 4.52. The Kier molecular flexibility index (Phi) is 4.03. The van der Waals surface area contributed by atoms with Crippen LogP contribution in [0.5, 0.6) is 5.75 Å². The van der Waals surface area contributed by atoms with E-state index in [0.717, 1.165) is 0 Å². The minimum atomic E-state index is -0.723. The molecule has 1 heterocycles. The number of aromatic nitrogens is 1. The molecular formula is C10H12FNO3. The maximum absolute atomic E-state index is 13.1. The van der Waals surface area contributed by atoms with Crippen LogP contribution in [0.1, 0.15) is 12.6 Å². The Balaban J connectivity index is 2.71. The highest BCUT2D eigenvalue weighted by Gasteiger charge is 2.09. The van der Waals surface area contributed by atoms with E-state index < -0.39 is 11.9 Å². The van der Waals surface area contributed by atoms with Gasteiger partial charge < -0.3 is 9.47 Å². The molecule has 0 spiro atoms. The zero-order valence-corrected chi connectivity index (χ0v) is 8.62. The number of hydrogen-bond acceptors (Lipinski definition) is 4. The third kappa shape index (κ3) is 3.19. The van der Waals surface area contributed by atoms with Crippen LogP contribution in [0, 0.1) is 5.95 Å². The molecule has 0 atom stereocenters. The van der Waals surface area contributed by atoms with E-state index in [1.165, 1.54) is 19.2 Å². The molecule has 82 valence electrons. The molecule has 0 unspecified atom stereocenters. The first-order valence-corrected chi connectivity index (χ1v) is 4.52. The molecule has 1 rings (SSSR count). The summed E-state index contributed by atoms with van der Waals surface area (Å²) >= 11 is 0. The van der Waals surface area contributed by atoms with Crippen molar-refractivity contribution in [2.24, 2.45) is 0 Å². The zero-order valence-electron chi connectivity index (χ0n) is 8.62. The molecule has 0 aliphatic heterocycles. The van der Waals surface area contributed by atoms with Gasteiger partial charge in [-0.05, 0) is 19.1 Å². The summed E-state index contributed by atoms with van der Waals surface area (Å²) in [6.45, 7) is 2.01. The monoisotopic (exact) mass is 213 g/mol. The van der Waals surface area contributed by atoms with Crippen molar-refractivity contribution < 1.29 is 18.7 Å². The molecule has 0 saturated heterocycles. The lowest BCUT2D eigenvalue weighted by Crippen LogP contribution is -2.09. The van der Waals surface area contributed by atoms with Gasteiger partial charge in [-0.15, -0.1) is 0 Å². The number of esters is 1. The largest absolute Gasteiger partial charge is 0.492 e. The standard InChI is InChI=1S/C10H12FNO3/c1-3-15-9(13)6-7-4-5-8(14-2)10(11)12-7/h4-5H,3,6H2,1-2H3. The van der Waals surface area contributed by atoms with Crippen molar-refractivity contribution >= 4 is 5.97 Å². The van der Waals surface area contributed by atoms with Gasteiger partial charge in [-0.3, -0.25) is 4.79 Å². The Bertz CT molecular complexity index is 355. The molecule has 0 saturated carbocycles. The highest BCUT2D eigenvalue weighted by Crippen LogP contribution is 2.14. The summed E-state index contributed by atoms with van der Waals surface area (Å²) in [6.07, 6.45) is -0.0330. The minimum Gasteiger partial charge on any atom is -0.492 e. The van der Waals surface area contributed by atoms with Gasteiger partial charge in [0.2, 0.25) is 0 Å². The lowest BCUT2D eigenvalue weighted by Gasteiger charge is -2.04. The van der Waals surface area contributed by atoms with Crippen molar-refractivity contribution in [3.05, 3.63) is 23.8 Å². The fourth-order valence-corrected chi connectivity index (χ4v) is 1.07. The molecule has 0 amide bonds. The molecule has 0 fully saturated rings. The van der Waals surface area contributed by atoms with E-state index in [-0.39, 0.29) is 12.2 Å². The highest BCUT2D eigenvalue weighted by atomic mass is 19.1. The second kappa shape index (κ2) is 5.29. The third-order valence-electron chi connectivity index (χ3n) is 1.72. The summed E-state index contributed by atoms with van der Waals surface area (Å²) in [5.74, 6) is -1.09. The molecule has 1 aromatic heterocycles. The molecule has 0 bridgehead atoms. The number of nitrogens with zero attached hydrogens (tertiary/aromatic N) is 1. The number of rotatable bonds is 4. The molecule has 0 aliphatic carbocycles. The van der Waals surface area contributed by atoms with Crippen molar-refractivity contribution in [3.63, 3.8) is 0 Å². The molecule has 15 heavy (non-hydrogen) atoms. The number of carbonyl (C=O) groups excluding carboxylic acids is 1. The minimum absolute atomic E-state index is 0.0330. The first kappa shape index (κ1) is 11.4. The molecule has 4 nitrogen and oxygen atoms in total. The maximum Gasteiger partial charge on any atom is 0.311 e. The van der Waals surface area contributed by atoms with Crippen molar-refractivity contribution in [1.82, 2.24) is 4.98 Å². The van der Waals surface area contributed by atoms with E-state index in [0.29, 0.717) is 12.3 Å². The Labute approximate surface area is 87.0 Å². The lowest BCUT2D eigenvalue weighted by atomic mass is 10.2. The Morgan fingerprint density at radius 1 is 1.53 bits per heavy atom. The Hall–Kier alpha value is -1.65. The van der Waals surface area contributed by atoms with Crippen molar-refractivity contribution in [2.45, 2.75) is 13.3 Å². The summed E-state index contributed by atoms with van der Waals surface area (Å²) in [7, 11) is 1.35. The van der Waals surface area contributed by atoms with Crippen molar-refractivity contribution in [1.29, 1.82) is 0 Å². The highest BCUT2D eigenvalue weighted by molar-refractivity contribution is 5.71. The quantitative estimate of drug-likeness (QED) is 0.559. The van der Waals surface area contributed by atoms with E-state index in [4.69, 9.17) is 9.47 Å². The molecular weight excluding hydrogens is 201 g/mol. The number of carbonyl (C=O) groups is 1. The zero-order chi connectivity index (χ0) is 11.3. The summed E-state index contributed by atoms with van der Waals surface area (Å²) in [5, 5.41) is 0. The van der Waals surface area contributed by atoms with Gasteiger partial charge in [0.15, 0.2) is 5.75 Å². The Morgan fingerprint density at radius 3 is 2.80 bits per heavy atom. The van der Waals surface area contributed by atoms with Gasteiger partial charge in [-0.1, -0.05) is 0 Å². The van der Waals surface area contributed by atoms with Gasteiger partial charge in [-0.2, -0.15) is 4.39 Å². The predicted octanol–water partition coefficient (Wildman–Crippen LogP) is 1.33. The van der Waals surface area contributed by atoms with Crippen LogP contribution in [-0.2, 0) is 16.0 Å². The van der Waals surface area contributed by atoms with Crippen LogP contribution in [0.25, 0.3) is 0 Å². The van der Waals surface area contributed by atoms with Crippen LogP contribution in [0.15, 0.2) is 12.1 Å². The molecule has 0 N–H and O–H groups in total. The van der Waals surface area contributed by atoms with Crippen LogP contribution in [-0.4, -0.2) is 24.7 Å². The average Bonchev–Trinajstić information content (AvgIpc) is 2.18. The van der Waals surface area contributed by atoms with Gasteiger partial charge in [0.25, 0.3) is 5.95 Å². The summed E-state index contributed by atoms with van der Waals surface area (Å²) in [6, 6.07) is 2.95. The number of methoxy groups -OCH3 is 1. The van der Waals surface area contributed by atoms with Crippen LogP contribution < -0.4 is 4.74 Å². The molecule has 0 aliphatic rings. The van der Waals surface area contributed by atoms with Crippen molar-refractivity contribution in [3.8, 4) is 5.75 Å². The second-order valence-electron chi connectivity index (χ2n) is 2.78. The lowest BCUT2D eigenvalue weighted by molar-refractivity contribution is -0.142. The second-order valence-corrected chi connectivity index (χ2v) is 2.78. The summed E-state index contributed by atoms with van der Waals surface area (Å²) < 4.78 is 22.5. The topological polar surface area (TPSA) is 48.4 Å². The number of hydrogen-bond donors (Lipinski definition) is 0. The SMILES string of the molecule is CCOC(=O)Cc1ccc(OC)c(F)n1. The van der Waals surface area contributed by atoms with Gasteiger partial charge in [-0.25, -0.2) is 4.98 Å². The van der Waals surface area contributed by atoms with E-state index in [2.05, 4.69) is 4.98 Å². The van der Waals surface area contributed by atoms with Crippen LogP contribution in [0.4, 0.5) is 4.39 Å². The molecule has 5 heteroatoms. The van der Waals surface area contributed by atoms with Gasteiger partial charge in [0, 0.05) is 0 Å². The van der Waals surface area contributed by atoms with E-state index >= 15 is 0 Å². The maximum atomic E-state index is 13.1. The smallest absolute Gasteiger partial charge is 0.311 e. The molecule has 0 aromatic carbocycles. The Morgan fingerprint density at radius 2 is 2.27 bits per heavy atom. The fraction of sp³-hybridized carbons (Fsp3) is 0.400. The summed E-state index contributed by atoms with van der Waals surface area (Å²) in [4.78, 5) is 14.6. The van der Waals surface area contributed by atoms with Gasteiger partial charge >= 0.3 is 5.97 Å². The van der Waals surface area contributed by atoms with Crippen molar-refractivity contribution in [2.75, 3.05) is 13.7 Å².